The Morgan fingerprint density at radius 3 is 3.08 bits per heavy atom. The summed E-state index contributed by atoms with van der Waals surface area (Å²) >= 11 is 0. The van der Waals surface area contributed by atoms with Crippen LogP contribution in [0.3, 0.4) is 0 Å². The topological polar surface area (TPSA) is 69.5 Å². The summed E-state index contributed by atoms with van der Waals surface area (Å²) < 4.78 is 0. The van der Waals surface area contributed by atoms with Crippen LogP contribution in [0.1, 0.15) is 24.0 Å². The van der Waals surface area contributed by atoms with E-state index in [-0.39, 0.29) is 0 Å². The van der Waals surface area contributed by atoms with Crippen molar-refractivity contribution in [3.63, 3.8) is 0 Å². The molecule has 1 fully saturated rings. The maximum Gasteiger partial charge on any atom is 0.392 e. The number of aryl methyl sites for hydroxylation is 1. The Hall–Kier alpha value is -1.98. The summed E-state index contributed by atoms with van der Waals surface area (Å²) in [5.41, 5.74) is 11.4. The van der Waals surface area contributed by atoms with Crippen molar-refractivity contribution in [1.82, 2.24) is 10.3 Å². The first kappa shape index (κ1) is 15.5. The summed E-state index contributed by atoms with van der Waals surface area (Å²) in [4.78, 5) is 9.60. The van der Waals surface area contributed by atoms with Crippen molar-refractivity contribution in [3.8, 4) is 11.3 Å². The molecule has 2 aromatic rings. The van der Waals surface area contributed by atoms with Gasteiger partial charge in [-0.1, -0.05) is 24.3 Å². The van der Waals surface area contributed by atoms with Crippen LogP contribution in [-0.4, -0.2) is 31.7 Å². The largest absolute Gasteiger partial charge is 0.392 e. The van der Waals surface area contributed by atoms with Gasteiger partial charge in [0.05, 0.1) is 18.7 Å². The molecule has 5 heteroatoms. The average Bonchev–Trinajstić information content (AvgIpc) is 2.97. The number of nitrogens with one attached hydrogen (secondary N) is 3. The molecule has 1 aliphatic carbocycles. The number of anilines is 1. The molecule has 0 spiro atoms. The third kappa shape index (κ3) is 2.78. The van der Waals surface area contributed by atoms with Crippen LogP contribution in [-0.2, 0) is 12.8 Å². The SMILES string of the molecule is CNCC1CC[NH+](c2nc(N)[nH+]c3c2CCCc2ccccc2-3)C1. The highest BCUT2D eigenvalue weighted by Crippen LogP contribution is 2.31. The lowest BCUT2D eigenvalue weighted by atomic mass is 10.0. The van der Waals surface area contributed by atoms with Gasteiger partial charge in [0.15, 0.2) is 0 Å². The summed E-state index contributed by atoms with van der Waals surface area (Å²) in [6.07, 6.45) is 4.62. The molecule has 1 saturated heterocycles. The number of quaternary nitrogens is 1. The van der Waals surface area contributed by atoms with Gasteiger partial charge < -0.3 is 5.32 Å². The van der Waals surface area contributed by atoms with Crippen molar-refractivity contribution in [2.45, 2.75) is 25.7 Å². The highest BCUT2D eigenvalue weighted by atomic mass is 15.2. The van der Waals surface area contributed by atoms with Gasteiger partial charge in [-0.05, 0) is 36.9 Å². The van der Waals surface area contributed by atoms with E-state index in [1.807, 2.05) is 7.05 Å². The summed E-state index contributed by atoms with van der Waals surface area (Å²) in [5.74, 6) is 2.44. The highest BCUT2D eigenvalue weighted by molar-refractivity contribution is 5.68. The van der Waals surface area contributed by atoms with E-state index >= 15 is 0 Å². The number of nitrogens with zero attached hydrogens (tertiary/aromatic N) is 1. The van der Waals surface area contributed by atoms with E-state index in [1.165, 1.54) is 45.9 Å². The van der Waals surface area contributed by atoms with E-state index in [0.717, 1.165) is 38.4 Å². The third-order valence-electron chi connectivity index (χ3n) is 5.45. The maximum atomic E-state index is 6.16. The number of nitrogens with two attached hydrogens (primary N) is 1. The van der Waals surface area contributed by atoms with E-state index in [1.54, 1.807) is 0 Å². The minimum absolute atomic E-state index is 0.532. The molecule has 1 aromatic heterocycles. The molecule has 5 nitrogen and oxygen atoms in total. The zero-order chi connectivity index (χ0) is 16.5. The van der Waals surface area contributed by atoms with E-state index in [4.69, 9.17) is 10.7 Å². The molecule has 0 bridgehead atoms. The van der Waals surface area contributed by atoms with Crippen molar-refractivity contribution in [1.29, 1.82) is 0 Å². The lowest BCUT2D eigenvalue weighted by molar-refractivity contribution is -0.823. The van der Waals surface area contributed by atoms with Gasteiger partial charge in [-0.15, -0.1) is 0 Å². The Morgan fingerprint density at radius 1 is 1.33 bits per heavy atom. The molecule has 2 heterocycles. The van der Waals surface area contributed by atoms with Crippen LogP contribution in [0, 0.1) is 5.92 Å². The summed E-state index contributed by atoms with van der Waals surface area (Å²) in [7, 11) is 2.04. The second kappa shape index (κ2) is 6.49. The fourth-order valence-electron chi connectivity index (χ4n) is 4.35. The molecule has 126 valence electrons. The predicted molar refractivity (Wildman–Crippen MR) is 95.1 cm³/mol. The molecule has 0 saturated carbocycles. The van der Waals surface area contributed by atoms with Crippen LogP contribution in [0.15, 0.2) is 24.3 Å². The average molecular weight is 325 g/mol. The first-order valence-electron chi connectivity index (χ1n) is 9.06. The fourth-order valence-corrected chi connectivity index (χ4v) is 4.35. The monoisotopic (exact) mass is 325 g/mol. The van der Waals surface area contributed by atoms with Crippen LogP contribution in [0.25, 0.3) is 11.3 Å². The van der Waals surface area contributed by atoms with Crippen molar-refractivity contribution >= 4 is 11.8 Å². The standard InChI is InChI=1S/C19H25N5/c1-21-11-13-9-10-24(12-13)18-16-8-4-6-14-5-2-3-7-15(14)17(16)22-19(20)23-18/h2-3,5,7,13,21H,4,6,8-12H2,1H3,(H2,20,22,23)/p+2. The molecule has 0 radical (unpaired) electrons. The zero-order valence-corrected chi connectivity index (χ0v) is 14.4. The van der Waals surface area contributed by atoms with Gasteiger partial charge in [0, 0.05) is 24.4 Å². The number of aromatic nitrogens is 2. The number of hydrogen-bond acceptors (Lipinski definition) is 3. The highest BCUT2D eigenvalue weighted by Gasteiger charge is 2.35. The molecule has 24 heavy (non-hydrogen) atoms. The number of nitrogen functional groups attached to an aromatic ring is 1. The zero-order valence-electron chi connectivity index (χ0n) is 14.4. The normalized spacial score (nSPS) is 22.7. The van der Waals surface area contributed by atoms with Gasteiger partial charge in [0.25, 0.3) is 0 Å². The van der Waals surface area contributed by atoms with Crippen LogP contribution < -0.4 is 20.9 Å². The third-order valence-corrected chi connectivity index (χ3v) is 5.45. The summed E-state index contributed by atoms with van der Waals surface area (Å²) in [6, 6.07) is 8.69. The molecule has 2 atom stereocenters. The first-order chi connectivity index (χ1) is 11.8. The molecule has 4 rings (SSSR count). The molecular weight excluding hydrogens is 298 g/mol. The second-order valence-corrected chi connectivity index (χ2v) is 7.10. The Labute approximate surface area is 143 Å². The molecular formula is C19H27N5+2. The van der Waals surface area contributed by atoms with Crippen LogP contribution >= 0.6 is 0 Å². The van der Waals surface area contributed by atoms with Gasteiger partial charge in [0.1, 0.15) is 5.69 Å². The lowest BCUT2D eigenvalue weighted by Crippen LogP contribution is -3.06. The molecule has 2 aliphatic rings. The Morgan fingerprint density at radius 2 is 2.21 bits per heavy atom. The van der Waals surface area contributed by atoms with E-state index in [9.17, 15) is 0 Å². The Bertz CT molecular complexity index is 743. The lowest BCUT2D eigenvalue weighted by Gasteiger charge is -2.14. The maximum absolute atomic E-state index is 6.16. The minimum atomic E-state index is 0.532. The summed E-state index contributed by atoms with van der Waals surface area (Å²) in [5, 5.41) is 3.31. The van der Waals surface area contributed by atoms with Crippen molar-refractivity contribution < 1.29 is 9.88 Å². The smallest absolute Gasteiger partial charge is 0.319 e. The second-order valence-electron chi connectivity index (χ2n) is 7.10. The quantitative estimate of drug-likeness (QED) is 0.765. The molecule has 0 amide bonds. The van der Waals surface area contributed by atoms with Crippen LogP contribution in [0.5, 0.6) is 0 Å². The number of benzene rings is 1. The molecule has 5 N–H and O–H groups in total. The van der Waals surface area contributed by atoms with Gasteiger partial charge >= 0.3 is 11.8 Å². The van der Waals surface area contributed by atoms with Crippen molar-refractivity contribution in [2.75, 3.05) is 32.4 Å². The van der Waals surface area contributed by atoms with Crippen LogP contribution in [0.2, 0.25) is 0 Å². The van der Waals surface area contributed by atoms with E-state index in [2.05, 4.69) is 34.6 Å². The number of rotatable bonds is 3. The van der Waals surface area contributed by atoms with Crippen LogP contribution in [0.4, 0.5) is 11.8 Å². The van der Waals surface area contributed by atoms with Gasteiger partial charge in [-0.3, -0.25) is 10.6 Å². The molecule has 2 unspecified atom stereocenters. The summed E-state index contributed by atoms with van der Waals surface area (Å²) in [6.45, 7) is 3.38. The van der Waals surface area contributed by atoms with E-state index in [0.29, 0.717) is 5.95 Å². The Balaban J connectivity index is 1.77. The fraction of sp³-hybridized carbons (Fsp3) is 0.474. The van der Waals surface area contributed by atoms with Crippen molar-refractivity contribution in [2.24, 2.45) is 5.92 Å². The molecule has 1 aliphatic heterocycles. The van der Waals surface area contributed by atoms with Gasteiger partial charge in [-0.25, -0.2) is 4.98 Å². The number of aromatic amines is 1. The number of fused-ring (bicyclic) bond motifs is 3. The van der Waals surface area contributed by atoms with E-state index < -0.39 is 0 Å². The number of H-pyrrole nitrogens is 1. The number of hydrogen-bond donors (Lipinski definition) is 3. The van der Waals surface area contributed by atoms with Gasteiger partial charge in [-0.2, -0.15) is 0 Å². The van der Waals surface area contributed by atoms with Crippen molar-refractivity contribution in [3.05, 3.63) is 35.4 Å². The first-order valence-corrected chi connectivity index (χ1v) is 9.06. The Kier molecular flexibility index (Phi) is 4.21. The minimum Gasteiger partial charge on any atom is -0.319 e. The van der Waals surface area contributed by atoms with Gasteiger partial charge in [0.2, 0.25) is 0 Å². The molecule has 1 aromatic carbocycles. The predicted octanol–water partition coefficient (Wildman–Crippen LogP) is 0.389.